The average molecular weight is 249 g/mol. The fraction of sp³-hybridized carbons (Fsp3) is 0.643. The van der Waals surface area contributed by atoms with Crippen LogP contribution in [0.1, 0.15) is 32.0 Å². The first-order chi connectivity index (χ1) is 8.63. The number of nitrogens with zero attached hydrogens (tertiary/aromatic N) is 3. The molecule has 0 saturated carbocycles. The number of aromatic nitrogens is 2. The Morgan fingerprint density at radius 1 is 1.44 bits per heavy atom. The monoisotopic (exact) mass is 249 g/mol. The maximum Gasteiger partial charge on any atom is 0.0680 e. The van der Waals surface area contributed by atoms with Gasteiger partial charge in [0.15, 0.2) is 0 Å². The van der Waals surface area contributed by atoms with Crippen LogP contribution in [0, 0.1) is 0 Å². The first kappa shape index (κ1) is 13.3. The number of ether oxygens (including phenoxy) is 1. The van der Waals surface area contributed by atoms with Gasteiger partial charge in [0.05, 0.1) is 12.3 Å². The second-order valence-electron chi connectivity index (χ2n) is 5.26. The summed E-state index contributed by atoms with van der Waals surface area (Å²) in [5.74, 6) is 0. The molecule has 0 bridgehead atoms. The third-order valence-corrected chi connectivity index (χ3v) is 3.44. The molecule has 0 radical (unpaired) electrons. The highest BCUT2D eigenvalue weighted by molar-refractivity contribution is 5.68. The molecule has 0 saturated heterocycles. The predicted octanol–water partition coefficient (Wildman–Crippen LogP) is 2.20. The molecule has 4 heteroatoms. The summed E-state index contributed by atoms with van der Waals surface area (Å²) < 4.78 is 7.44. The van der Waals surface area contributed by atoms with E-state index in [1.807, 2.05) is 6.20 Å². The van der Waals surface area contributed by atoms with Crippen LogP contribution in [0.2, 0.25) is 0 Å². The summed E-state index contributed by atoms with van der Waals surface area (Å²) in [7, 11) is 3.93. The SMILES string of the molecule is COCC1=C(c2ccnn2C(C)C)CN(C)CC1. The normalized spacial score (nSPS) is 17.8. The van der Waals surface area contributed by atoms with Crippen molar-refractivity contribution >= 4 is 5.57 Å². The Morgan fingerprint density at radius 3 is 2.89 bits per heavy atom. The van der Waals surface area contributed by atoms with Gasteiger partial charge in [-0.2, -0.15) is 5.10 Å². The van der Waals surface area contributed by atoms with E-state index < -0.39 is 0 Å². The fourth-order valence-corrected chi connectivity index (χ4v) is 2.50. The zero-order valence-corrected chi connectivity index (χ0v) is 11.8. The molecule has 100 valence electrons. The van der Waals surface area contributed by atoms with E-state index in [2.05, 4.69) is 41.6 Å². The molecule has 0 fully saturated rings. The molecule has 0 spiro atoms. The lowest BCUT2D eigenvalue weighted by atomic mass is 9.98. The van der Waals surface area contributed by atoms with Crippen LogP contribution in [-0.2, 0) is 4.74 Å². The number of methoxy groups -OCH3 is 1. The van der Waals surface area contributed by atoms with Gasteiger partial charge in [0, 0.05) is 32.4 Å². The number of hydrogen-bond donors (Lipinski definition) is 0. The minimum Gasteiger partial charge on any atom is -0.380 e. The van der Waals surface area contributed by atoms with Crippen molar-refractivity contribution in [2.45, 2.75) is 26.3 Å². The van der Waals surface area contributed by atoms with E-state index in [0.29, 0.717) is 6.04 Å². The third-order valence-electron chi connectivity index (χ3n) is 3.44. The Kier molecular flexibility index (Phi) is 4.19. The van der Waals surface area contributed by atoms with Crippen LogP contribution in [0.25, 0.3) is 5.57 Å². The minimum atomic E-state index is 0.388. The lowest BCUT2D eigenvalue weighted by molar-refractivity contribution is 0.217. The lowest BCUT2D eigenvalue weighted by Crippen LogP contribution is -2.29. The standard InChI is InChI=1S/C14H23N3O/c1-11(2)17-14(5-7-15-17)13-9-16(3)8-6-12(13)10-18-4/h5,7,11H,6,8-10H2,1-4H3. The maximum absolute atomic E-state index is 5.34. The van der Waals surface area contributed by atoms with Gasteiger partial charge in [-0.3, -0.25) is 4.68 Å². The van der Waals surface area contributed by atoms with Gasteiger partial charge < -0.3 is 9.64 Å². The van der Waals surface area contributed by atoms with Gasteiger partial charge in [0.25, 0.3) is 0 Å². The molecule has 1 aromatic rings. The van der Waals surface area contributed by atoms with Gasteiger partial charge in [0.2, 0.25) is 0 Å². The van der Waals surface area contributed by atoms with Crippen LogP contribution in [0.4, 0.5) is 0 Å². The summed E-state index contributed by atoms with van der Waals surface area (Å²) in [6.45, 7) is 7.15. The molecule has 0 aromatic carbocycles. The molecule has 1 aliphatic heterocycles. The summed E-state index contributed by atoms with van der Waals surface area (Å²) in [6.07, 6.45) is 2.98. The molecular formula is C14H23N3O. The first-order valence-corrected chi connectivity index (χ1v) is 6.55. The van der Waals surface area contributed by atoms with Crippen LogP contribution in [0.15, 0.2) is 17.8 Å². The minimum absolute atomic E-state index is 0.388. The zero-order chi connectivity index (χ0) is 13.1. The van der Waals surface area contributed by atoms with Crippen molar-refractivity contribution in [2.75, 3.05) is 33.9 Å². The molecule has 0 aliphatic carbocycles. The van der Waals surface area contributed by atoms with E-state index in [1.165, 1.54) is 16.8 Å². The molecule has 2 heterocycles. The molecule has 1 aliphatic rings. The van der Waals surface area contributed by atoms with Crippen LogP contribution in [0.3, 0.4) is 0 Å². The Balaban J connectivity index is 2.40. The van der Waals surface area contributed by atoms with Gasteiger partial charge >= 0.3 is 0 Å². The highest BCUT2D eigenvalue weighted by atomic mass is 16.5. The van der Waals surface area contributed by atoms with Crippen molar-refractivity contribution in [3.63, 3.8) is 0 Å². The Bertz CT molecular complexity index is 434. The Labute approximate surface area is 109 Å². The smallest absolute Gasteiger partial charge is 0.0680 e. The molecule has 0 atom stereocenters. The maximum atomic E-state index is 5.34. The van der Waals surface area contributed by atoms with Crippen molar-refractivity contribution in [2.24, 2.45) is 0 Å². The average Bonchev–Trinajstić information content (AvgIpc) is 2.80. The molecular weight excluding hydrogens is 226 g/mol. The molecule has 0 N–H and O–H groups in total. The van der Waals surface area contributed by atoms with E-state index in [0.717, 1.165) is 26.1 Å². The van der Waals surface area contributed by atoms with Gasteiger partial charge in [-0.25, -0.2) is 0 Å². The number of hydrogen-bond acceptors (Lipinski definition) is 3. The van der Waals surface area contributed by atoms with Gasteiger partial charge in [0.1, 0.15) is 0 Å². The van der Waals surface area contributed by atoms with E-state index in [1.54, 1.807) is 7.11 Å². The second-order valence-corrected chi connectivity index (χ2v) is 5.26. The van der Waals surface area contributed by atoms with E-state index in [4.69, 9.17) is 4.74 Å². The predicted molar refractivity (Wildman–Crippen MR) is 73.5 cm³/mol. The Morgan fingerprint density at radius 2 is 2.22 bits per heavy atom. The van der Waals surface area contributed by atoms with Crippen molar-refractivity contribution in [3.05, 3.63) is 23.5 Å². The third kappa shape index (κ3) is 2.65. The first-order valence-electron chi connectivity index (χ1n) is 6.55. The van der Waals surface area contributed by atoms with Crippen LogP contribution in [0.5, 0.6) is 0 Å². The van der Waals surface area contributed by atoms with Crippen molar-refractivity contribution in [3.8, 4) is 0 Å². The van der Waals surface area contributed by atoms with Crippen LogP contribution in [-0.4, -0.2) is 48.5 Å². The van der Waals surface area contributed by atoms with E-state index in [9.17, 15) is 0 Å². The molecule has 0 unspecified atom stereocenters. The highest BCUT2D eigenvalue weighted by Gasteiger charge is 2.20. The largest absolute Gasteiger partial charge is 0.380 e. The molecule has 1 aromatic heterocycles. The zero-order valence-electron chi connectivity index (χ0n) is 11.8. The van der Waals surface area contributed by atoms with E-state index >= 15 is 0 Å². The second kappa shape index (κ2) is 5.67. The van der Waals surface area contributed by atoms with Crippen LogP contribution >= 0.6 is 0 Å². The number of likely N-dealkylation sites (N-methyl/N-ethyl adjacent to an activating group) is 1. The summed E-state index contributed by atoms with van der Waals surface area (Å²) in [5.41, 5.74) is 4.04. The number of rotatable bonds is 4. The summed E-state index contributed by atoms with van der Waals surface area (Å²) >= 11 is 0. The van der Waals surface area contributed by atoms with Gasteiger partial charge in [-0.1, -0.05) is 0 Å². The summed E-state index contributed by atoms with van der Waals surface area (Å²) in [5, 5.41) is 4.43. The van der Waals surface area contributed by atoms with Crippen LogP contribution < -0.4 is 0 Å². The fourth-order valence-electron chi connectivity index (χ4n) is 2.50. The van der Waals surface area contributed by atoms with Crippen molar-refractivity contribution < 1.29 is 4.74 Å². The lowest BCUT2D eigenvalue weighted by Gasteiger charge is -2.28. The van der Waals surface area contributed by atoms with Gasteiger partial charge in [-0.15, -0.1) is 0 Å². The highest BCUT2D eigenvalue weighted by Crippen LogP contribution is 2.27. The Hall–Kier alpha value is -1.13. The van der Waals surface area contributed by atoms with Crippen molar-refractivity contribution in [1.82, 2.24) is 14.7 Å². The summed E-state index contributed by atoms with van der Waals surface area (Å²) in [4.78, 5) is 2.35. The molecule has 0 amide bonds. The van der Waals surface area contributed by atoms with Crippen molar-refractivity contribution in [1.29, 1.82) is 0 Å². The quantitative estimate of drug-likeness (QED) is 0.819. The molecule has 18 heavy (non-hydrogen) atoms. The summed E-state index contributed by atoms with van der Waals surface area (Å²) in [6, 6.07) is 2.50. The molecule has 4 nitrogen and oxygen atoms in total. The molecule has 2 rings (SSSR count). The van der Waals surface area contributed by atoms with Gasteiger partial charge in [-0.05, 0) is 44.5 Å². The topological polar surface area (TPSA) is 30.3 Å². The van der Waals surface area contributed by atoms with E-state index in [-0.39, 0.29) is 0 Å².